The number of halogens is 1. The molecule has 0 aliphatic carbocycles. The van der Waals surface area contributed by atoms with Crippen molar-refractivity contribution >= 4 is 29.2 Å². The normalized spacial score (nSPS) is 10.6. The molecule has 3 aromatic carbocycles. The van der Waals surface area contributed by atoms with Crippen LogP contribution in [0.25, 0.3) is 0 Å². The van der Waals surface area contributed by atoms with Gasteiger partial charge in [0.25, 0.3) is 0 Å². The lowest BCUT2D eigenvalue weighted by atomic mass is 9.88. The van der Waals surface area contributed by atoms with Crippen molar-refractivity contribution in [2.45, 2.75) is 19.3 Å². The Labute approximate surface area is 175 Å². The first kappa shape index (κ1) is 20.6. The summed E-state index contributed by atoms with van der Waals surface area (Å²) in [5.41, 5.74) is 2.96. The van der Waals surface area contributed by atoms with Crippen molar-refractivity contribution in [2.24, 2.45) is 0 Å². The lowest BCUT2D eigenvalue weighted by Crippen LogP contribution is -2.16. The van der Waals surface area contributed by atoms with E-state index in [1.54, 1.807) is 25.1 Å². The summed E-state index contributed by atoms with van der Waals surface area (Å²) in [4.78, 5) is 24.6. The number of rotatable bonds is 7. The first-order chi connectivity index (χ1) is 14.1. The van der Waals surface area contributed by atoms with Crippen LogP contribution in [0.5, 0.6) is 0 Å². The highest BCUT2D eigenvalue weighted by atomic mass is 35.5. The van der Waals surface area contributed by atoms with E-state index in [1.807, 2.05) is 60.7 Å². The fourth-order valence-corrected chi connectivity index (χ4v) is 3.42. The third kappa shape index (κ3) is 5.46. The van der Waals surface area contributed by atoms with Gasteiger partial charge in [0.1, 0.15) is 0 Å². The molecule has 1 N–H and O–H groups in total. The highest BCUT2D eigenvalue weighted by Crippen LogP contribution is 2.29. The van der Waals surface area contributed by atoms with Crippen LogP contribution in [0.1, 0.15) is 40.7 Å². The van der Waals surface area contributed by atoms with Crippen LogP contribution in [-0.4, -0.2) is 18.5 Å². The molecule has 4 nitrogen and oxygen atoms in total. The monoisotopic (exact) mass is 407 g/mol. The van der Waals surface area contributed by atoms with Crippen LogP contribution in [-0.2, 0) is 9.53 Å². The smallest absolute Gasteiger partial charge is 0.339 e. The molecule has 29 heavy (non-hydrogen) atoms. The van der Waals surface area contributed by atoms with Crippen LogP contribution in [0, 0.1) is 0 Å². The molecule has 0 aliphatic rings. The summed E-state index contributed by atoms with van der Waals surface area (Å²) < 4.78 is 4.97. The van der Waals surface area contributed by atoms with E-state index in [-0.39, 0.29) is 35.4 Å². The molecule has 0 fully saturated rings. The first-order valence-electron chi connectivity index (χ1n) is 9.45. The van der Waals surface area contributed by atoms with Crippen molar-refractivity contribution in [2.75, 3.05) is 11.9 Å². The van der Waals surface area contributed by atoms with E-state index < -0.39 is 5.97 Å². The number of benzene rings is 3. The van der Waals surface area contributed by atoms with Crippen LogP contribution in [0.2, 0.25) is 5.02 Å². The van der Waals surface area contributed by atoms with Crippen LogP contribution < -0.4 is 5.32 Å². The van der Waals surface area contributed by atoms with Gasteiger partial charge in [-0.1, -0.05) is 72.3 Å². The Balaban J connectivity index is 1.76. The molecule has 0 aromatic heterocycles. The maximum atomic E-state index is 12.8. The van der Waals surface area contributed by atoms with Gasteiger partial charge >= 0.3 is 5.97 Å². The van der Waals surface area contributed by atoms with Crippen LogP contribution in [0.3, 0.4) is 0 Å². The van der Waals surface area contributed by atoms with E-state index in [0.717, 1.165) is 11.1 Å². The number of carbonyl (C=O) groups excluding carboxylic acids is 2. The molecule has 3 rings (SSSR count). The second-order valence-electron chi connectivity index (χ2n) is 6.54. The minimum atomic E-state index is -0.483. The number of amides is 1. The Morgan fingerprint density at radius 1 is 0.931 bits per heavy atom. The van der Waals surface area contributed by atoms with Gasteiger partial charge in [-0.05, 0) is 36.2 Å². The van der Waals surface area contributed by atoms with Gasteiger partial charge in [-0.15, -0.1) is 0 Å². The van der Waals surface area contributed by atoms with Crippen molar-refractivity contribution < 1.29 is 14.3 Å². The quantitative estimate of drug-likeness (QED) is 0.513. The number of carbonyl (C=O) groups is 2. The summed E-state index contributed by atoms with van der Waals surface area (Å²) in [6.07, 6.45) is 0.283. The van der Waals surface area contributed by atoms with E-state index in [4.69, 9.17) is 16.3 Å². The summed E-state index contributed by atoms with van der Waals surface area (Å²) in [5, 5.41) is 3.12. The molecule has 0 saturated heterocycles. The maximum Gasteiger partial charge on any atom is 0.339 e. The van der Waals surface area contributed by atoms with Crippen molar-refractivity contribution in [1.82, 2.24) is 0 Å². The van der Waals surface area contributed by atoms with E-state index in [9.17, 15) is 9.59 Å². The van der Waals surface area contributed by atoms with Gasteiger partial charge < -0.3 is 10.1 Å². The fraction of sp³-hybridized carbons (Fsp3) is 0.167. The minimum Gasteiger partial charge on any atom is -0.462 e. The average Bonchev–Trinajstić information content (AvgIpc) is 2.73. The van der Waals surface area contributed by atoms with Gasteiger partial charge in [-0.2, -0.15) is 0 Å². The standard InChI is InChI=1S/C24H22ClNO3/c1-2-29-24(28)20-14-13-19(15-22(20)25)26-23(27)16-21(17-9-5-3-6-10-17)18-11-7-4-8-12-18/h3-15,21H,2,16H2,1H3,(H,26,27). The SMILES string of the molecule is CCOC(=O)c1ccc(NC(=O)CC(c2ccccc2)c2ccccc2)cc1Cl. The van der Waals surface area contributed by atoms with Crippen LogP contribution in [0.4, 0.5) is 5.69 Å². The van der Waals surface area contributed by atoms with Crippen molar-refractivity contribution in [1.29, 1.82) is 0 Å². The Morgan fingerprint density at radius 3 is 2.03 bits per heavy atom. The summed E-state index contributed by atoms with van der Waals surface area (Å²) in [6, 6.07) is 24.7. The predicted molar refractivity (Wildman–Crippen MR) is 115 cm³/mol. The Kier molecular flexibility index (Phi) is 7.04. The number of ether oxygens (including phenoxy) is 1. The highest BCUT2D eigenvalue weighted by Gasteiger charge is 2.19. The maximum absolute atomic E-state index is 12.8. The molecule has 0 aliphatic heterocycles. The van der Waals surface area contributed by atoms with Crippen LogP contribution in [0.15, 0.2) is 78.9 Å². The van der Waals surface area contributed by atoms with Gasteiger partial charge in [0.2, 0.25) is 5.91 Å². The third-order valence-electron chi connectivity index (χ3n) is 4.54. The molecule has 0 heterocycles. The second kappa shape index (κ2) is 9.89. The van der Waals surface area contributed by atoms with Gasteiger partial charge in [-0.3, -0.25) is 4.79 Å². The molecule has 0 atom stereocenters. The largest absolute Gasteiger partial charge is 0.462 e. The zero-order valence-corrected chi connectivity index (χ0v) is 16.9. The first-order valence-corrected chi connectivity index (χ1v) is 9.82. The number of hydrogen-bond acceptors (Lipinski definition) is 3. The Morgan fingerprint density at radius 2 is 1.52 bits per heavy atom. The van der Waals surface area contributed by atoms with Gasteiger partial charge in [0, 0.05) is 18.0 Å². The zero-order valence-electron chi connectivity index (χ0n) is 16.1. The summed E-state index contributed by atoms with van der Waals surface area (Å²) in [7, 11) is 0. The zero-order chi connectivity index (χ0) is 20.6. The van der Waals surface area contributed by atoms with Gasteiger partial charge in [0.05, 0.1) is 17.2 Å². The number of anilines is 1. The van der Waals surface area contributed by atoms with E-state index in [0.29, 0.717) is 5.69 Å². The van der Waals surface area contributed by atoms with E-state index in [1.165, 1.54) is 0 Å². The van der Waals surface area contributed by atoms with E-state index in [2.05, 4.69) is 5.32 Å². The molecule has 1 amide bonds. The van der Waals surface area contributed by atoms with Crippen molar-refractivity contribution in [3.05, 3.63) is 101 Å². The summed E-state index contributed by atoms with van der Waals surface area (Å²) in [6.45, 7) is 2.00. The van der Waals surface area contributed by atoms with Gasteiger partial charge in [0.15, 0.2) is 0 Å². The highest BCUT2D eigenvalue weighted by molar-refractivity contribution is 6.34. The topological polar surface area (TPSA) is 55.4 Å². The third-order valence-corrected chi connectivity index (χ3v) is 4.85. The fourth-order valence-electron chi connectivity index (χ4n) is 3.16. The van der Waals surface area contributed by atoms with Gasteiger partial charge in [-0.25, -0.2) is 4.79 Å². The molecule has 3 aromatic rings. The molecular weight excluding hydrogens is 386 g/mol. The molecule has 0 radical (unpaired) electrons. The number of nitrogens with one attached hydrogen (secondary N) is 1. The van der Waals surface area contributed by atoms with E-state index >= 15 is 0 Å². The molecule has 0 bridgehead atoms. The minimum absolute atomic E-state index is 0.0633. The molecular formula is C24H22ClNO3. The van der Waals surface area contributed by atoms with Crippen LogP contribution >= 0.6 is 11.6 Å². The molecule has 5 heteroatoms. The lowest BCUT2D eigenvalue weighted by molar-refractivity contribution is -0.116. The summed E-state index contributed by atoms with van der Waals surface area (Å²) >= 11 is 6.19. The van der Waals surface area contributed by atoms with Crippen molar-refractivity contribution in [3.63, 3.8) is 0 Å². The Bertz CT molecular complexity index is 934. The Hall–Kier alpha value is -3.11. The van der Waals surface area contributed by atoms with Crippen molar-refractivity contribution in [3.8, 4) is 0 Å². The number of esters is 1. The lowest BCUT2D eigenvalue weighted by Gasteiger charge is -2.18. The molecule has 148 valence electrons. The predicted octanol–water partition coefficient (Wildman–Crippen LogP) is 5.68. The number of hydrogen-bond donors (Lipinski definition) is 1. The molecule has 0 unspecified atom stereocenters. The second-order valence-corrected chi connectivity index (χ2v) is 6.95. The summed E-state index contributed by atoms with van der Waals surface area (Å²) in [5.74, 6) is -0.682. The molecule has 0 spiro atoms. The average molecular weight is 408 g/mol. The molecule has 0 saturated carbocycles.